The number of aliphatic hydroxyl groups excluding tert-OH is 1. The van der Waals surface area contributed by atoms with Crippen molar-refractivity contribution in [1.82, 2.24) is 0 Å². The molecule has 0 amide bonds. The van der Waals surface area contributed by atoms with Gasteiger partial charge in [-0.25, -0.2) is 0 Å². The number of hydrogen-bond donors (Lipinski definition) is 1. The maximum atomic E-state index is 9.83. The fourth-order valence-corrected chi connectivity index (χ4v) is 1.57. The van der Waals surface area contributed by atoms with E-state index in [2.05, 4.69) is 12.2 Å². The van der Waals surface area contributed by atoms with Crippen LogP contribution in [0.1, 0.15) is 12.8 Å². The maximum absolute atomic E-state index is 9.83. The summed E-state index contributed by atoms with van der Waals surface area (Å²) >= 11 is 0. The molecule has 1 N–H and O–H groups in total. The van der Waals surface area contributed by atoms with Crippen LogP contribution in [0.25, 0.3) is 0 Å². The van der Waals surface area contributed by atoms with E-state index in [1.165, 1.54) is 0 Å². The predicted octanol–water partition coefficient (Wildman–Crippen LogP) is -0.879. The molecule has 0 heterocycles. The van der Waals surface area contributed by atoms with E-state index < -0.39 is 0 Å². The Balaban J connectivity index is 0.000000845. The van der Waals surface area contributed by atoms with Crippen LogP contribution in [0.4, 0.5) is 0 Å². The van der Waals surface area contributed by atoms with Gasteiger partial charge in [-0.1, -0.05) is 36.5 Å². The minimum absolute atomic E-state index is 0. The smallest absolute Gasteiger partial charge is 0.0973 e. The minimum Gasteiger partial charge on any atom is -1.00 e. The van der Waals surface area contributed by atoms with Gasteiger partial charge < -0.3 is 17.5 Å². The molecule has 0 atom stereocenters. The quantitative estimate of drug-likeness (QED) is 0.699. The number of aliphatic hydroxyl groups is 1. The van der Waals surface area contributed by atoms with Crippen molar-refractivity contribution in [2.75, 3.05) is 0 Å². The Kier molecular flexibility index (Phi) is 6.60. The molecule has 0 saturated heterocycles. The third kappa shape index (κ3) is 3.05. The molecular formula is C11H12ClOZr-. The van der Waals surface area contributed by atoms with Gasteiger partial charge in [0.25, 0.3) is 0 Å². The van der Waals surface area contributed by atoms with Gasteiger partial charge in [-0.15, -0.1) is 0 Å². The normalized spacial score (nSPS) is 17.6. The van der Waals surface area contributed by atoms with Crippen LogP contribution in [-0.2, 0) is 26.2 Å². The Labute approximate surface area is 110 Å². The van der Waals surface area contributed by atoms with E-state index in [1.807, 2.05) is 24.3 Å². The number of rotatable bonds is 2. The van der Waals surface area contributed by atoms with Crippen molar-refractivity contribution >= 4 is 0 Å². The molecule has 2 aliphatic rings. The van der Waals surface area contributed by atoms with E-state index in [0.29, 0.717) is 0 Å². The molecule has 0 aromatic carbocycles. The molecule has 2 aliphatic carbocycles. The molecule has 0 bridgehead atoms. The van der Waals surface area contributed by atoms with Crippen LogP contribution in [0.3, 0.4) is 0 Å². The van der Waals surface area contributed by atoms with E-state index in [9.17, 15) is 5.11 Å². The van der Waals surface area contributed by atoms with E-state index in [1.54, 1.807) is 0 Å². The molecule has 0 fully saturated rings. The topological polar surface area (TPSA) is 20.2 Å². The summed E-state index contributed by atoms with van der Waals surface area (Å²) < 4.78 is 0. The fraction of sp³-hybridized carbons (Fsp3) is 0.273. The third-order valence-electron chi connectivity index (χ3n) is 2.30. The molecular weight excluding hydrogens is 275 g/mol. The molecule has 0 aromatic rings. The number of halogens is 1. The SMILES string of the molecule is OC(C1=CC=CC1)C1=CC=CC1.[Cl-].[Zr]. The molecule has 14 heavy (non-hydrogen) atoms. The Bertz CT molecular complexity index is 272. The van der Waals surface area contributed by atoms with Crippen molar-refractivity contribution in [3.63, 3.8) is 0 Å². The average Bonchev–Trinajstić information content (AvgIpc) is 2.77. The van der Waals surface area contributed by atoms with Crippen LogP contribution in [-0.4, -0.2) is 11.2 Å². The van der Waals surface area contributed by atoms with Crippen molar-refractivity contribution < 1.29 is 43.7 Å². The molecule has 0 radical (unpaired) electrons. The Hall–Kier alpha value is 0.0931. The van der Waals surface area contributed by atoms with Gasteiger partial charge in [0.2, 0.25) is 0 Å². The van der Waals surface area contributed by atoms with Crippen molar-refractivity contribution in [3.8, 4) is 0 Å². The van der Waals surface area contributed by atoms with Crippen LogP contribution in [0.15, 0.2) is 47.6 Å². The van der Waals surface area contributed by atoms with Crippen molar-refractivity contribution in [3.05, 3.63) is 47.6 Å². The fourth-order valence-electron chi connectivity index (χ4n) is 1.57. The molecule has 0 unspecified atom stereocenters. The van der Waals surface area contributed by atoms with Gasteiger partial charge in [0, 0.05) is 26.2 Å². The van der Waals surface area contributed by atoms with Crippen LogP contribution < -0.4 is 12.4 Å². The van der Waals surface area contributed by atoms with Gasteiger partial charge in [-0.2, -0.15) is 0 Å². The molecule has 0 aromatic heterocycles. The molecule has 0 saturated carbocycles. The van der Waals surface area contributed by atoms with Crippen molar-refractivity contribution in [1.29, 1.82) is 0 Å². The van der Waals surface area contributed by atoms with Gasteiger partial charge in [0.05, 0.1) is 6.10 Å². The van der Waals surface area contributed by atoms with Gasteiger partial charge in [-0.05, 0) is 24.0 Å². The Morgan fingerprint density at radius 3 is 1.71 bits per heavy atom. The first kappa shape index (κ1) is 14.1. The zero-order valence-electron chi connectivity index (χ0n) is 7.78. The summed E-state index contributed by atoms with van der Waals surface area (Å²) in [6.07, 6.45) is 13.6. The summed E-state index contributed by atoms with van der Waals surface area (Å²) in [4.78, 5) is 0. The van der Waals surface area contributed by atoms with Gasteiger partial charge in [0.1, 0.15) is 0 Å². The molecule has 74 valence electrons. The van der Waals surface area contributed by atoms with Crippen LogP contribution in [0.5, 0.6) is 0 Å². The van der Waals surface area contributed by atoms with E-state index in [0.717, 1.165) is 24.0 Å². The molecule has 1 nitrogen and oxygen atoms in total. The number of hydrogen-bond acceptors (Lipinski definition) is 1. The Morgan fingerprint density at radius 1 is 1.00 bits per heavy atom. The summed E-state index contributed by atoms with van der Waals surface area (Å²) in [5.74, 6) is 0. The second-order valence-corrected chi connectivity index (χ2v) is 3.15. The molecule has 2 rings (SSSR count). The standard InChI is InChI=1S/C11H12O.ClH.Zr/c12-11(9-5-1-2-6-9)10-7-3-4-8-10;;/h1-5,7,11-12H,6,8H2;1H;/p-1. The predicted molar refractivity (Wildman–Crippen MR) is 49.7 cm³/mol. The second-order valence-electron chi connectivity index (χ2n) is 3.15. The minimum atomic E-state index is -0.352. The first-order valence-corrected chi connectivity index (χ1v) is 4.27. The zero-order chi connectivity index (χ0) is 8.39. The van der Waals surface area contributed by atoms with Gasteiger partial charge in [-0.3, -0.25) is 0 Å². The molecule has 0 aliphatic heterocycles. The van der Waals surface area contributed by atoms with E-state index in [-0.39, 0.29) is 44.7 Å². The summed E-state index contributed by atoms with van der Waals surface area (Å²) in [7, 11) is 0. The molecule has 3 heteroatoms. The van der Waals surface area contributed by atoms with Crippen LogP contribution in [0, 0.1) is 0 Å². The third-order valence-corrected chi connectivity index (χ3v) is 2.30. The Morgan fingerprint density at radius 2 is 1.43 bits per heavy atom. The van der Waals surface area contributed by atoms with Crippen LogP contribution in [0.2, 0.25) is 0 Å². The van der Waals surface area contributed by atoms with Gasteiger partial charge >= 0.3 is 0 Å². The summed E-state index contributed by atoms with van der Waals surface area (Å²) in [5.41, 5.74) is 2.23. The average molecular weight is 287 g/mol. The van der Waals surface area contributed by atoms with Gasteiger partial charge in [0.15, 0.2) is 0 Å². The van der Waals surface area contributed by atoms with Crippen LogP contribution >= 0.6 is 0 Å². The first-order valence-electron chi connectivity index (χ1n) is 4.27. The summed E-state index contributed by atoms with van der Waals surface area (Å²) in [6.45, 7) is 0. The summed E-state index contributed by atoms with van der Waals surface area (Å²) in [5, 5.41) is 9.83. The molecule has 0 spiro atoms. The maximum Gasteiger partial charge on any atom is 0.0973 e. The van der Waals surface area contributed by atoms with E-state index in [4.69, 9.17) is 0 Å². The first-order chi connectivity index (χ1) is 5.88. The summed E-state index contributed by atoms with van der Waals surface area (Å²) in [6, 6.07) is 0. The second kappa shape index (κ2) is 6.55. The van der Waals surface area contributed by atoms with Crippen molar-refractivity contribution in [2.24, 2.45) is 0 Å². The number of allylic oxidation sites excluding steroid dienone is 6. The monoisotopic (exact) mass is 285 g/mol. The van der Waals surface area contributed by atoms with E-state index >= 15 is 0 Å². The largest absolute Gasteiger partial charge is 1.00 e. The zero-order valence-corrected chi connectivity index (χ0v) is 11.0. The van der Waals surface area contributed by atoms with Crippen molar-refractivity contribution in [2.45, 2.75) is 18.9 Å².